The molecule has 0 aromatic rings. The van der Waals surface area contributed by atoms with Gasteiger partial charge < -0.3 is 25.3 Å². The van der Waals surface area contributed by atoms with E-state index in [1.807, 2.05) is 0 Å². The summed E-state index contributed by atoms with van der Waals surface area (Å²) in [6, 6.07) is -3.48. The fourth-order valence-corrected chi connectivity index (χ4v) is 5.78. The summed E-state index contributed by atoms with van der Waals surface area (Å²) in [4.78, 5) is 44.7. The van der Waals surface area contributed by atoms with Gasteiger partial charge in [-0.2, -0.15) is 0 Å². The molecule has 4 atom stereocenters. The number of likely N-dealkylation sites (N-methyl/N-ethyl adjacent to an activating group) is 1. The molecule has 1 unspecified atom stereocenters. The number of nitrogens with one attached hydrogen (secondary N) is 4. The number of likely N-dealkylation sites (tertiary alicyclic amines) is 1. The Morgan fingerprint density at radius 2 is 1.97 bits per heavy atom. The normalized spacial score (nSPS) is 34.5. The third-order valence-electron chi connectivity index (χ3n) is 7.50. The van der Waals surface area contributed by atoms with Crippen molar-refractivity contribution < 1.29 is 34.2 Å². The van der Waals surface area contributed by atoms with Gasteiger partial charge in [-0.15, -0.1) is 0 Å². The Kier molecular flexibility index (Phi) is 5.02. The van der Waals surface area contributed by atoms with Crippen LogP contribution < -0.4 is 32.4 Å². The quantitative estimate of drug-likeness (QED) is 0.110. The predicted molar refractivity (Wildman–Crippen MR) is 116 cm³/mol. The van der Waals surface area contributed by atoms with Crippen LogP contribution in [0.25, 0.3) is 0 Å². The van der Waals surface area contributed by atoms with Gasteiger partial charge in [0.15, 0.2) is 6.04 Å². The topological polar surface area (TPSA) is 206 Å². The van der Waals surface area contributed by atoms with E-state index >= 15 is 0 Å². The molecule has 15 heteroatoms. The van der Waals surface area contributed by atoms with Crippen molar-refractivity contribution in [3.8, 4) is 0 Å². The number of hydrogen-bond acceptors (Lipinski definition) is 9. The van der Waals surface area contributed by atoms with Crippen LogP contribution in [0.1, 0.15) is 19.3 Å². The molecule has 0 aromatic heterocycles. The van der Waals surface area contributed by atoms with E-state index in [9.17, 15) is 24.6 Å². The zero-order chi connectivity index (χ0) is 24.4. The summed E-state index contributed by atoms with van der Waals surface area (Å²) in [5, 5.41) is 31.7. The molecule has 0 radical (unpaired) electrons. The van der Waals surface area contributed by atoms with Crippen LogP contribution >= 0.6 is 0 Å². The van der Waals surface area contributed by atoms with Crippen molar-refractivity contribution in [2.45, 2.75) is 48.8 Å². The van der Waals surface area contributed by atoms with E-state index in [-0.39, 0.29) is 43.5 Å². The van der Waals surface area contributed by atoms with Gasteiger partial charge in [0, 0.05) is 20.1 Å². The fraction of sp³-hybridized carbons (Fsp3) is 0.737. The molecular weight excluding hydrogens is 448 g/mol. The maximum atomic E-state index is 12.8. The van der Waals surface area contributed by atoms with E-state index in [0.717, 1.165) is 24.2 Å². The summed E-state index contributed by atoms with van der Waals surface area (Å²) in [7, 11) is 1.53. The van der Waals surface area contributed by atoms with Crippen molar-refractivity contribution in [3.63, 3.8) is 0 Å². The van der Waals surface area contributed by atoms with Gasteiger partial charge in [0.1, 0.15) is 18.6 Å². The van der Waals surface area contributed by atoms with E-state index in [1.54, 1.807) is 4.90 Å². The lowest BCUT2D eigenvalue weighted by Crippen LogP contribution is -2.92. The second-order valence-electron chi connectivity index (χ2n) is 9.59. The lowest BCUT2D eigenvalue weighted by molar-refractivity contribution is -0.674. The molecule has 186 valence electrons. The Balaban J connectivity index is 1.44. The summed E-state index contributed by atoms with van der Waals surface area (Å²) < 4.78 is 1.52. The van der Waals surface area contributed by atoms with Gasteiger partial charge in [-0.25, -0.2) is 19.5 Å². The molecule has 0 aliphatic carbocycles. The minimum Gasteiger partial charge on any atom is -0.358 e. The van der Waals surface area contributed by atoms with E-state index in [1.165, 1.54) is 16.5 Å². The zero-order valence-corrected chi connectivity index (χ0v) is 19.0. The molecule has 3 saturated heterocycles. The summed E-state index contributed by atoms with van der Waals surface area (Å²) in [6.45, 7) is 1.07. The van der Waals surface area contributed by atoms with Crippen LogP contribution in [0.2, 0.25) is 0 Å². The Morgan fingerprint density at radius 3 is 2.62 bits per heavy atom. The van der Waals surface area contributed by atoms with E-state index in [2.05, 4.69) is 20.9 Å². The molecule has 10 N–H and O–H groups in total. The number of imide groups is 1. The largest absolute Gasteiger partial charge is 0.358 e. The van der Waals surface area contributed by atoms with Gasteiger partial charge in [0.05, 0.1) is 13.1 Å². The molecule has 1 spiro atoms. The summed E-state index contributed by atoms with van der Waals surface area (Å²) in [6.07, 6.45) is 2.84. The average molecular weight is 481 g/mol. The maximum Gasteiger partial charge on any atom is 0.347 e. The molecule has 0 aromatic carbocycles. The first-order valence-electron chi connectivity index (χ1n) is 11.5. The van der Waals surface area contributed by atoms with E-state index in [0.29, 0.717) is 13.1 Å². The van der Waals surface area contributed by atoms with Gasteiger partial charge >= 0.3 is 24.0 Å². The van der Waals surface area contributed by atoms with Crippen molar-refractivity contribution in [3.05, 3.63) is 0 Å². The van der Waals surface area contributed by atoms with Crippen molar-refractivity contribution in [1.82, 2.24) is 30.7 Å². The molecule has 34 heavy (non-hydrogen) atoms. The average Bonchev–Trinajstić information content (AvgIpc) is 3.35. The summed E-state index contributed by atoms with van der Waals surface area (Å²) >= 11 is 0. The number of amides is 5. The first-order valence-corrected chi connectivity index (χ1v) is 11.5. The van der Waals surface area contributed by atoms with Crippen LogP contribution in [0.3, 0.4) is 0 Å². The monoisotopic (exact) mass is 480 g/mol. The molecule has 3 fully saturated rings. The van der Waals surface area contributed by atoms with Crippen molar-refractivity contribution >= 4 is 29.9 Å². The smallest absolute Gasteiger partial charge is 0.347 e. The number of urea groups is 2. The zero-order valence-electron chi connectivity index (χ0n) is 19.0. The molecular formula is C19H32N10O5+2. The molecule has 15 nitrogen and oxygen atoms in total. The van der Waals surface area contributed by atoms with Crippen LogP contribution in [-0.2, 0) is 4.79 Å². The molecule has 5 rings (SSSR count). The number of rotatable bonds is 3. The van der Waals surface area contributed by atoms with Gasteiger partial charge in [-0.3, -0.25) is 31.5 Å². The molecule has 0 saturated carbocycles. The minimum absolute atomic E-state index is 0.0130. The van der Waals surface area contributed by atoms with Crippen LogP contribution in [0.5, 0.6) is 0 Å². The van der Waals surface area contributed by atoms with E-state index < -0.39 is 35.6 Å². The number of hydrogen-bond donors (Lipinski definition) is 8. The molecule has 5 amide bonds. The Hall–Kier alpha value is -3.33. The number of aliphatic hydroxyl groups is 2. The Bertz CT molecular complexity index is 992. The van der Waals surface area contributed by atoms with Crippen LogP contribution in [-0.4, -0.2) is 129 Å². The Labute approximate surface area is 195 Å². The number of carbonyl (C=O) groups excluding carboxylic acids is 3. The third kappa shape index (κ3) is 3.06. The highest BCUT2D eigenvalue weighted by Crippen LogP contribution is 2.37. The third-order valence-corrected chi connectivity index (χ3v) is 7.50. The van der Waals surface area contributed by atoms with Crippen molar-refractivity contribution in [2.24, 2.45) is 11.5 Å². The number of nitrogens with zero attached hydrogens (tertiary/aromatic N) is 4. The first-order chi connectivity index (χ1) is 16.1. The van der Waals surface area contributed by atoms with Crippen LogP contribution in [0, 0.1) is 0 Å². The minimum atomic E-state index is -2.52. The van der Waals surface area contributed by atoms with Crippen LogP contribution in [0.15, 0.2) is 0 Å². The standard InChI is InChI=1S/C19H30N10O5/c1-26-9-12(30)28(17(26)32)7-10-13-18(25-14(20)24-13)19(33,34)11(8-29(18)15(21)22-10)23-16(31)27-5-3-2-4-6-27/h10-11,13,33-34H,2-9H2,1H3,(H6,20,21,22,23,24,25,31)/p+2/t10-,11?,13-,18-/m0/s1. The highest BCUT2D eigenvalue weighted by atomic mass is 16.5. The van der Waals surface area contributed by atoms with Gasteiger partial charge in [0.2, 0.25) is 5.91 Å². The first kappa shape index (κ1) is 22.5. The van der Waals surface area contributed by atoms with Crippen molar-refractivity contribution in [2.75, 3.05) is 39.8 Å². The number of nitrogens with two attached hydrogens (primary N) is 2. The summed E-state index contributed by atoms with van der Waals surface area (Å²) in [5.74, 6) is -2.72. The highest BCUT2D eigenvalue weighted by molar-refractivity contribution is 6.01. The second-order valence-corrected chi connectivity index (χ2v) is 9.59. The molecule has 5 aliphatic heterocycles. The second kappa shape index (κ2) is 7.59. The number of piperidine rings is 1. The Morgan fingerprint density at radius 1 is 1.26 bits per heavy atom. The maximum absolute atomic E-state index is 12.8. The SMILES string of the molecule is CN1CC(=O)N(C[C@@H]2NC(N)=[N+]3CC(NC(=O)N4CCCCC4)C(O)(O)[C@@]34NC(N)=[NH+][C@@H]24)C1=O. The van der Waals surface area contributed by atoms with Gasteiger partial charge in [0.25, 0.3) is 11.4 Å². The molecule has 5 heterocycles. The lowest BCUT2D eigenvalue weighted by atomic mass is 9.85. The summed E-state index contributed by atoms with van der Waals surface area (Å²) in [5.41, 5.74) is 10.7. The van der Waals surface area contributed by atoms with Crippen LogP contribution in [0.4, 0.5) is 9.59 Å². The van der Waals surface area contributed by atoms with E-state index in [4.69, 9.17) is 11.5 Å². The molecule has 0 bridgehead atoms. The fourth-order valence-electron chi connectivity index (χ4n) is 5.78. The highest BCUT2D eigenvalue weighted by Gasteiger charge is 2.78. The number of carbonyl (C=O) groups is 3. The lowest BCUT2D eigenvalue weighted by Gasteiger charge is -2.41. The molecule has 5 aliphatic rings. The van der Waals surface area contributed by atoms with Gasteiger partial charge in [-0.05, 0) is 19.3 Å². The predicted octanol–water partition coefficient (Wildman–Crippen LogP) is -6.50. The number of guanidine groups is 2. The van der Waals surface area contributed by atoms with Crippen molar-refractivity contribution in [1.29, 1.82) is 0 Å². The van der Waals surface area contributed by atoms with Gasteiger partial charge in [-0.1, -0.05) is 0 Å².